The number of nitrogens with zero attached hydrogens (tertiary/aromatic N) is 1. The molecule has 0 saturated heterocycles. The van der Waals surface area contributed by atoms with Crippen LogP contribution < -0.4 is 0 Å². The zero-order valence-electron chi connectivity index (χ0n) is 6.32. The summed E-state index contributed by atoms with van der Waals surface area (Å²) in [6.07, 6.45) is 5.90. The molecule has 0 radical (unpaired) electrons. The van der Waals surface area contributed by atoms with Crippen LogP contribution in [0.4, 0.5) is 0 Å². The van der Waals surface area contributed by atoms with Crippen molar-refractivity contribution in [3.63, 3.8) is 0 Å². The van der Waals surface area contributed by atoms with E-state index < -0.39 is 0 Å². The molecule has 0 aliphatic heterocycles. The average molecular weight is 153 g/mol. The van der Waals surface area contributed by atoms with Crippen molar-refractivity contribution in [1.29, 1.82) is 0 Å². The number of nitro groups is 1. The molecule has 2 rings (SSSR count). The van der Waals surface area contributed by atoms with Gasteiger partial charge in [-0.2, -0.15) is 0 Å². The minimum atomic E-state index is -0.309. The first-order chi connectivity index (χ1) is 5.25. The van der Waals surface area contributed by atoms with Gasteiger partial charge in [-0.05, 0) is 37.5 Å². The smallest absolute Gasteiger partial charge is 0.233 e. The molecule has 60 valence electrons. The molecule has 0 aromatic heterocycles. The van der Waals surface area contributed by atoms with Crippen LogP contribution in [0.3, 0.4) is 0 Å². The lowest BCUT2D eigenvalue weighted by atomic mass is 9.96. The zero-order valence-corrected chi connectivity index (χ0v) is 6.32. The molecule has 2 atom stereocenters. The highest BCUT2D eigenvalue weighted by atomic mass is 16.6. The van der Waals surface area contributed by atoms with Crippen LogP contribution in [0.2, 0.25) is 0 Å². The van der Waals surface area contributed by atoms with E-state index in [-0.39, 0.29) is 4.92 Å². The highest BCUT2D eigenvalue weighted by Gasteiger charge is 2.36. The topological polar surface area (TPSA) is 43.1 Å². The van der Waals surface area contributed by atoms with Gasteiger partial charge in [-0.25, -0.2) is 0 Å². The summed E-state index contributed by atoms with van der Waals surface area (Å²) in [5, 5.41) is 10.2. The van der Waals surface area contributed by atoms with Crippen LogP contribution >= 0.6 is 0 Å². The Hall–Kier alpha value is -0.860. The summed E-state index contributed by atoms with van der Waals surface area (Å²) < 4.78 is 0. The molecule has 2 fully saturated rings. The van der Waals surface area contributed by atoms with Crippen LogP contribution in [0.1, 0.15) is 25.7 Å². The Bertz CT molecular complexity index is 222. The second-order valence-electron chi connectivity index (χ2n) is 3.57. The van der Waals surface area contributed by atoms with E-state index >= 15 is 0 Å². The molecule has 2 bridgehead atoms. The standard InChI is InChI=1S/C8H11NO2/c10-9(11)5-8-4-6-1-2-7(8)3-6/h5-7H,1-4H2/b8-5-. The minimum Gasteiger partial charge on any atom is -0.259 e. The summed E-state index contributed by atoms with van der Waals surface area (Å²) >= 11 is 0. The van der Waals surface area contributed by atoms with Gasteiger partial charge in [0, 0.05) is 5.57 Å². The molecule has 2 saturated carbocycles. The molecule has 3 nitrogen and oxygen atoms in total. The predicted molar refractivity (Wildman–Crippen MR) is 40.5 cm³/mol. The SMILES string of the molecule is O=[N+]([O-])/C=C1/CC2CCC1C2. The maximum atomic E-state index is 10.2. The Morgan fingerprint density at radius 3 is 2.82 bits per heavy atom. The first-order valence-corrected chi connectivity index (χ1v) is 4.10. The minimum absolute atomic E-state index is 0.309. The summed E-state index contributed by atoms with van der Waals surface area (Å²) in [6, 6.07) is 0. The first kappa shape index (κ1) is 6.83. The van der Waals surface area contributed by atoms with E-state index in [2.05, 4.69) is 0 Å². The van der Waals surface area contributed by atoms with Crippen molar-refractivity contribution in [2.45, 2.75) is 25.7 Å². The highest BCUT2D eigenvalue weighted by molar-refractivity contribution is 5.14. The second-order valence-corrected chi connectivity index (χ2v) is 3.57. The van der Waals surface area contributed by atoms with Crippen molar-refractivity contribution >= 4 is 0 Å². The van der Waals surface area contributed by atoms with E-state index in [1.807, 2.05) is 0 Å². The van der Waals surface area contributed by atoms with Crippen molar-refractivity contribution in [3.8, 4) is 0 Å². The van der Waals surface area contributed by atoms with Gasteiger partial charge in [-0.15, -0.1) is 0 Å². The van der Waals surface area contributed by atoms with Gasteiger partial charge in [0.2, 0.25) is 6.20 Å². The largest absolute Gasteiger partial charge is 0.259 e. The lowest BCUT2D eigenvalue weighted by Crippen LogP contribution is -2.00. The van der Waals surface area contributed by atoms with Crippen LogP contribution in [-0.4, -0.2) is 4.92 Å². The van der Waals surface area contributed by atoms with Crippen LogP contribution in [-0.2, 0) is 0 Å². The number of fused-ring (bicyclic) bond motifs is 2. The molecule has 0 aromatic carbocycles. The fourth-order valence-corrected chi connectivity index (χ4v) is 2.39. The second kappa shape index (κ2) is 2.32. The van der Waals surface area contributed by atoms with Gasteiger partial charge < -0.3 is 0 Å². The summed E-state index contributed by atoms with van der Waals surface area (Å²) in [5.74, 6) is 1.33. The van der Waals surface area contributed by atoms with Crippen LogP contribution in [0, 0.1) is 22.0 Å². The van der Waals surface area contributed by atoms with E-state index in [1.54, 1.807) is 0 Å². The summed E-state index contributed by atoms with van der Waals surface area (Å²) in [6.45, 7) is 0. The lowest BCUT2D eigenvalue weighted by molar-refractivity contribution is -0.403. The molecule has 0 N–H and O–H groups in total. The van der Waals surface area contributed by atoms with E-state index in [0.29, 0.717) is 5.92 Å². The fraction of sp³-hybridized carbons (Fsp3) is 0.750. The van der Waals surface area contributed by atoms with Crippen LogP contribution in [0.5, 0.6) is 0 Å². The Balaban J connectivity index is 2.13. The van der Waals surface area contributed by atoms with Crippen molar-refractivity contribution < 1.29 is 4.92 Å². The van der Waals surface area contributed by atoms with Gasteiger partial charge in [0.15, 0.2) is 0 Å². The molecule has 0 amide bonds. The van der Waals surface area contributed by atoms with Gasteiger partial charge in [-0.3, -0.25) is 10.1 Å². The molecule has 2 aliphatic rings. The zero-order chi connectivity index (χ0) is 7.84. The maximum Gasteiger partial charge on any atom is 0.233 e. The molecular weight excluding hydrogens is 142 g/mol. The van der Waals surface area contributed by atoms with Gasteiger partial charge in [0.05, 0.1) is 4.92 Å². The van der Waals surface area contributed by atoms with Gasteiger partial charge >= 0.3 is 0 Å². The van der Waals surface area contributed by atoms with Gasteiger partial charge in [0.1, 0.15) is 0 Å². The quantitative estimate of drug-likeness (QED) is 0.427. The van der Waals surface area contributed by atoms with Crippen molar-refractivity contribution in [1.82, 2.24) is 0 Å². The third-order valence-electron chi connectivity index (χ3n) is 2.86. The van der Waals surface area contributed by atoms with Crippen LogP contribution in [0.25, 0.3) is 0 Å². The molecule has 3 heteroatoms. The first-order valence-electron chi connectivity index (χ1n) is 4.10. The monoisotopic (exact) mass is 153 g/mol. The maximum absolute atomic E-state index is 10.2. The molecule has 0 heterocycles. The van der Waals surface area contributed by atoms with E-state index in [0.717, 1.165) is 17.9 Å². The molecule has 0 aromatic rings. The Kier molecular flexibility index (Phi) is 1.44. The highest BCUT2D eigenvalue weighted by Crippen LogP contribution is 2.47. The fourth-order valence-electron chi connectivity index (χ4n) is 2.39. The Morgan fingerprint density at radius 2 is 2.36 bits per heavy atom. The molecule has 2 aliphatic carbocycles. The third kappa shape index (κ3) is 1.15. The lowest BCUT2D eigenvalue weighted by Gasteiger charge is -2.09. The van der Waals surface area contributed by atoms with Gasteiger partial charge in [0.25, 0.3) is 0 Å². The van der Waals surface area contributed by atoms with E-state index in [9.17, 15) is 10.1 Å². The normalized spacial score (nSPS) is 38.4. The third-order valence-corrected chi connectivity index (χ3v) is 2.86. The molecule has 2 unspecified atom stereocenters. The van der Waals surface area contributed by atoms with Crippen molar-refractivity contribution in [2.75, 3.05) is 0 Å². The van der Waals surface area contributed by atoms with Crippen molar-refractivity contribution in [3.05, 3.63) is 21.9 Å². The average Bonchev–Trinajstić information content (AvgIpc) is 2.45. The summed E-state index contributed by atoms with van der Waals surface area (Å²) in [5.41, 5.74) is 1.09. The number of rotatable bonds is 1. The number of hydrogen-bond donors (Lipinski definition) is 0. The van der Waals surface area contributed by atoms with Crippen LogP contribution in [0.15, 0.2) is 11.8 Å². The molecular formula is C8H11NO2. The van der Waals surface area contributed by atoms with Crippen molar-refractivity contribution in [2.24, 2.45) is 11.8 Å². The van der Waals surface area contributed by atoms with Gasteiger partial charge in [-0.1, -0.05) is 0 Å². The van der Waals surface area contributed by atoms with E-state index in [4.69, 9.17) is 0 Å². The molecule has 0 spiro atoms. The summed E-state index contributed by atoms with van der Waals surface area (Å²) in [4.78, 5) is 9.85. The summed E-state index contributed by atoms with van der Waals surface area (Å²) in [7, 11) is 0. The Morgan fingerprint density at radius 1 is 1.55 bits per heavy atom. The Labute approximate surface area is 65.2 Å². The van der Waals surface area contributed by atoms with E-state index in [1.165, 1.54) is 25.5 Å². The number of allylic oxidation sites excluding steroid dienone is 1. The predicted octanol–water partition coefficient (Wildman–Crippen LogP) is 1.97. The number of hydrogen-bond acceptors (Lipinski definition) is 2. The molecule has 11 heavy (non-hydrogen) atoms.